The van der Waals surface area contributed by atoms with E-state index in [9.17, 15) is 4.79 Å². The predicted octanol–water partition coefficient (Wildman–Crippen LogP) is 5.19. The van der Waals surface area contributed by atoms with Crippen molar-refractivity contribution in [3.05, 3.63) is 65.7 Å². The number of benzene rings is 2. The Labute approximate surface area is 144 Å². The summed E-state index contributed by atoms with van der Waals surface area (Å²) >= 11 is 0. The van der Waals surface area contributed by atoms with Crippen molar-refractivity contribution in [2.45, 2.75) is 33.2 Å². The Morgan fingerprint density at radius 2 is 1.83 bits per heavy atom. The van der Waals surface area contributed by atoms with Crippen LogP contribution in [0.4, 0.5) is 5.69 Å². The molecule has 0 bridgehead atoms. The van der Waals surface area contributed by atoms with Crippen LogP contribution in [0.25, 0.3) is 5.57 Å². The van der Waals surface area contributed by atoms with Crippen molar-refractivity contribution in [2.75, 3.05) is 11.9 Å². The summed E-state index contributed by atoms with van der Waals surface area (Å²) in [6, 6.07) is 15.3. The van der Waals surface area contributed by atoms with Gasteiger partial charge in [-0.25, -0.2) is 0 Å². The average molecular weight is 323 g/mol. The molecule has 2 aromatic rings. The Balaban J connectivity index is 0.000000219. The highest BCUT2D eigenvalue weighted by atomic mass is 16.5. The second-order valence-corrected chi connectivity index (χ2v) is 6.34. The Morgan fingerprint density at radius 1 is 1.12 bits per heavy atom. The van der Waals surface area contributed by atoms with E-state index < -0.39 is 0 Å². The molecule has 1 N–H and O–H groups in total. The lowest BCUT2D eigenvalue weighted by Crippen LogP contribution is -2.31. The number of hydrogen-bond donors (Lipinski definition) is 1. The van der Waals surface area contributed by atoms with E-state index in [1.807, 2.05) is 31.2 Å². The Hall–Kier alpha value is -2.55. The number of ether oxygens (including phenoxy) is 1. The summed E-state index contributed by atoms with van der Waals surface area (Å²) < 4.78 is 5.52. The molecule has 3 rings (SSSR count). The highest BCUT2D eigenvalue weighted by Crippen LogP contribution is 2.35. The molecule has 1 aliphatic rings. The summed E-state index contributed by atoms with van der Waals surface area (Å²) in [4.78, 5) is 10.0. The van der Waals surface area contributed by atoms with E-state index in [0.717, 1.165) is 17.6 Å². The van der Waals surface area contributed by atoms with Crippen LogP contribution in [0.5, 0.6) is 5.75 Å². The first-order valence-electron chi connectivity index (χ1n) is 8.20. The van der Waals surface area contributed by atoms with Gasteiger partial charge in [0.15, 0.2) is 0 Å². The number of carbonyl (C=O) groups is 1. The van der Waals surface area contributed by atoms with Gasteiger partial charge in [-0.1, -0.05) is 36.4 Å². The van der Waals surface area contributed by atoms with E-state index in [2.05, 4.69) is 44.3 Å². The molecule has 0 aromatic heterocycles. The number of nitrogens with one attached hydrogen (secondary N) is 1. The lowest BCUT2D eigenvalue weighted by molar-refractivity contribution is 0.112. The summed E-state index contributed by atoms with van der Waals surface area (Å²) in [5.41, 5.74) is 4.50. The number of anilines is 1. The Kier molecular flexibility index (Phi) is 5.80. The van der Waals surface area contributed by atoms with Gasteiger partial charge in [0.2, 0.25) is 0 Å². The van der Waals surface area contributed by atoms with Crippen LogP contribution in [0.1, 0.15) is 43.6 Å². The van der Waals surface area contributed by atoms with Crippen molar-refractivity contribution >= 4 is 17.5 Å². The van der Waals surface area contributed by atoms with Gasteiger partial charge >= 0.3 is 0 Å². The molecule has 1 heterocycles. The minimum absolute atomic E-state index is 0.0320. The second kappa shape index (κ2) is 7.82. The number of hydrogen-bond acceptors (Lipinski definition) is 3. The molecule has 3 nitrogen and oxygen atoms in total. The minimum atomic E-state index is 0.0320. The number of aldehydes is 1. The van der Waals surface area contributed by atoms with E-state index in [-0.39, 0.29) is 5.54 Å². The van der Waals surface area contributed by atoms with Crippen LogP contribution in [0.3, 0.4) is 0 Å². The lowest BCUT2D eigenvalue weighted by Gasteiger charge is -2.31. The van der Waals surface area contributed by atoms with E-state index in [1.54, 1.807) is 12.1 Å². The monoisotopic (exact) mass is 323 g/mol. The summed E-state index contributed by atoms with van der Waals surface area (Å²) in [7, 11) is 0. The van der Waals surface area contributed by atoms with Crippen LogP contribution in [0, 0.1) is 0 Å². The molecule has 0 aliphatic carbocycles. The second-order valence-electron chi connectivity index (χ2n) is 6.34. The number of allylic oxidation sites excluding steroid dienone is 1. The van der Waals surface area contributed by atoms with E-state index in [0.29, 0.717) is 6.61 Å². The zero-order valence-electron chi connectivity index (χ0n) is 14.8. The molecule has 2 aromatic carbocycles. The van der Waals surface area contributed by atoms with Gasteiger partial charge in [0, 0.05) is 16.8 Å². The zero-order valence-corrected chi connectivity index (χ0v) is 14.8. The third kappa shape index (κ3) is 4.72. The van der Waals surface area contributed by atoms with Gasteiger partial charge in [-0.2, -0.15) is 0 Å². The van der Waals surface area contributed by atoms with Gasteiger partial charge in [-0.3, -0.25) is 4.79 Å². The van der Waals surface area contributed by atoms with Crippen LogP contribution in [-0.4, -0.2) is 18.4 Å². The number of carbonyl (C=O) groups excluding carboxylic acids is 1. The molecule has 0 unspecified atom stereocenters. The van der Waals surface area contributed by atoms with Gasteiger partial charge in [-0.05, 0) is 51.5 Å². The highest BCUT2D eigenvalue weighted by molar-refractivity contribution is 5.80. The fourth-order valence-electron chi connectivity index (χ4n) is 2.75. The van der Waals surface area contributed by atoms with Crippen molar-refractivity contribution in [3.63, 3.8) is 0 Å². The summed E-state index contributed by atoms with van der Waals surface area (Å²) in [6.07, 6.45) is 3.09. The van der Waals surface area contributed by atoms with Gasteiger partial charge < -0.3 is 10.1 Å². The van der Waals surface area contributed by atoms with Crippen LogP contribution in [-0.2, 0) is 0 Å². The standard InChI is InChI=1S/C14H19NO.C7H6O/c1-5-16-11-6-7-13-12(8-11)10(2)9-14(3,4)15-13;8-6-7-4-2-1-3-5-7/h6-9,15H,5H2,1-4H3;1-6H. The average Bonchev–Trinajstić information content (AvgIpc) is 2.56. The summed E-state index contributed by atoms with van der Waals surface area (Å²) in [6.45, 7) is 9.22. The van der Waals surface area contributed by atoms with Crippen LogP contribution >= 0.6 is 0 Å². The normalized spacial score (nSPS) is 14.2. The van der Waals surface area contributed by atoms with Crippen LogP contribution in [0.15, 0.2) is 54.6 Å². The molecule has 0 saturated carbocycles. The third-order valence-corrected chi connectivity index (χ3v) is 3.70. The molecule has 0 amide bonds. The zero-order chi connectivity index (χ0) is 17.6. The lowest BCUT2D eigenvalue weighted by atomic mass is 9.91. The van der Waals surface area contributed by atoms with Crippen molar-refractivity contribution < 1.29 is 9.53 Å². The SMILES string of the molecule is CCOc1ccc2c(c1)C(C)=CC(C)(C)N2.O=Cc1ccccc1. The minimum Gasteiger partial charge on any atom is -0.494 e. The van der Waals surface area contributed by atoms with E-state index >= 15 is 0 Å². The molecule has 0 spiro atoms. The molecule has 3 heteroatoms. The number of rotatable bonds is 3. The fourth-order valence-corrected chi connectivity index (χ4v) is 2.75. The molecule has 0 fully saturated rings. The van der Waals surface area contributed by atoms with Crippen molar-refractivity contribution in [3.8, 4) is 5.75 Å². The first kappa shape index (κ1) is 17.8. The summed E-state index contributed by atoms with van der Waals surface area (Å²) in [5, 5.41) is 3.50. The topological polar surface area (TPSA) is 38.3 Å². The molecule has 1 aliphatic heterocycles. The van der Waals surface area contributed by atoms with Crippen molar-refractivity contribution in [2.24, 2.45) is 0 Å². The molecular formula is C21H25NO2. The highest BCUT2D eigenvalue weighted by Gasteiger charge is 2.22. The van der Waals surface area contributed by atoms with Crippen molar-refractivity contribution in [1.82, 2.24) is 0 Å². The van der Waals surface area contributed by atoms with Crippen LogP contribution < -0.4 is 10.1 Å². The third-order valence-electron chi connectivity index (χ3n) is 3.70. The maximum Gasteiger partial charge on any atom is 0.150 e. The molecule has 0 radical (unpaired) electrons. The largest absolute Gasteiger partial charge is 0.494 e. The first-order valence-corrected chi connectivity index (χ1v) is 8.20. The quantitative estimate of drug-likeness (QED) is 0.790. The molecule has 126 valence electrons. The smallest absolute Gasteiger partial charge is 0.150 e. The molecule has 24 heavy (non-hydrogen) atoms. The van der Waals surface area contributed by atoms with Gasteiger partial charge in [0.1, 0.15) is 12.0 Å². The number of fused-ring (bicyclic) bond motifs is 1. The fraction of sp³-hybridized carbons (Fsp3) is 0.286. The van der Waals surface area contributed by atoms with Gasteiger partial charge in [-0.15, -0.1) is 0 Å². The molecule has 0 atom stereocenters. The molecular weight excluding hydrogens is 298 g/mol. The first-order chi connectivity index (χ1) is 11.4. The van der Waals surface area contributed by atoms with Gasteiger partial charge in [0.05, 0.1) is 12.1 Å². The van der Waals surface area contributed by atoms with E-state index in [4.69, 9.17) is 4.74 Å². The Morgan fingerprint density at radius 3 is 2.42 bits per heavy atom. The van der Waals surface area contributed by atoms with Crippen molar-refractivity contribution in [1.29, 1.82) is 0 Å². The van der Waals surface area contributed by atoms with Crippen LogP contribution in [0.2, 0.25) is 0 Å². The van der Waals surface area contributed by atoms with Gasteiger partial charge in [0.25, 0.3) is 0 Å². The maximum absolute atomic E-state index is 10.0. The Bertz CT molecular complexity index is 718. The molecule has 0 saturated heterocycles. The van der Waals surface area contributed by atoms with E-state index in [1.165, 1.54) is 16.8 Å². The predicted molar refractivity (Wildman–Crippen MR) is 101 cm³/mol. The maximum atomic E-state index is 10.0. The summed E-state index contributed by atoms with van der Waals surface area (Å²) in [5.74, 6) is 0.940.